The molecule has 0 spiro atoms. The highest BCUT2D eigenvalue weighted by molar-refractivity contribution is 5.96. The van der Waals surface area contributed by atoms with Crippen LogP contribution < -0.4 is 9.47 Å². The van der Waals surface area contributed by atoms with E-state index in [9.17, 15) is 4.79 Å². The van der Waals surface area contributed by atoms with E-state index < -0.39 is 5.97 Å². The molecule has 136 valence electrons. The lowest BCUT2D eigenvalue weighted by Gasteiger charge is -2.23. The van der Waals surface area contributed by atoms with Crippen LogP contribution in [0.25, 0.3) is 10.8 Å². The van der Waals surface area contributed by atoms with Gasteiger partial charge in [-0.25, -0.2) is 4.79 Å². The van der Waals surface area contributed by atoms with Crippen molar-refractivity contribution in [2.45, 2.75) is 26.7 Å². The second-order valence-corrected chi connectivity index (χ2v) is 6.24. The summed E-state index contributed by atoms with van der Waals surface area (Å²) in [6.07, 6.45) is 5.95. The minimum absolute atomic E-state index is 0.192. The largest absolute Gasteiger partial charge is 0.493 e. The van der Waals surface area contributed by atoms with E-state index in [2.05, 4.69) is 24.8 Å². The topological polar surface area (TPSA) is 44.8 Å². The number of rotatable bonds is 7. The van der Waals surface area contributed by atoms with Crippen molar-refractivity contribution in [1.82, 2.24) is 0 Å². The number of carbonyl (C=O) groups is 1. The summed E-state index contributed by atoms with van der Waals surface area (Å²) in [6.45, 7) is 8.33. The van der Waals surface area contributed by atoms with Crippen molar-refractivity contribution in [3.8, 4) is 11.5 Å². The van der Waals surface area contributed by atoms with Gasteiger partial charge in [-0.1, -0.05) is 43.0 Å². The molecule has 2 aromatic rings. The molecule has 0 heterocycles. The second-order valence-electron chi connectivity index (χ2n) is 6.24. The highest BCUT2D eigenvalue weighted by Crippen LogP contribution is 2.43. The molecule has 3 rings (SSSR count). The van der Waals surface area contributed by atoms with E-state index in [0.717, 1.165) is 40.7 Å². The van der Waals surface area contributed by atoms with Gasteiger partial charge in [0.1, 0.15) is 24.7 Å². The normalized spacial score (nSPS) is 12.5. The lowest BCUT2D eigenvalue weighted by Crippen LogP contribution is -2.14. The van der Waals surface area contributed by atoms with Crippen molar-refractivity contribution in [2.75, 3.05) is 19.8 Å². The van der Waals surface area contributed by atoms with Gasteiger partial charge >= 0.3 is 5.97 Å². The lowest BCUT2D eigenvalue weighted by atomic mass is 9.90. The molecule has 1 aliphatic carbocycles. The van der Waals surface area contributed by atoms with Gasteiger partial charge in [-0.3, -0.25) is 0 Å². The van der Waals surface area contributed by atoms with Crippen molar-refractivity contribution in [3.05, 3.63) is 59.7 Å². The van der Waals surface area contributed by atoms with E-state index in [1.807, 2.05) is 25.1 Å². The zero-order valence-corrected chi connectivity index (χ0v) is 15.3. The highest BCUT2D eigenvalue weighted by atomic mass is 16.6. The number of hydrogen-bond donors (Lipinski definition) is 0. The summed E-state index contributed by atoms with van der Waals surface area (Å²) in [5.41, 5.74) is 2.72. The average Bonchev–Trinajstić information content (AvgIpc) is 2.66. The smallest absolute Gasteiger partial charge is 0.333 e. The first kappa shape index (κ1) is 18.1. The number of benzene rings is 2. The van der Waals surface area contributed by atoms with E-state index in [0.29, 0.717) is 18.8 Å². The van der Waals surface area contributed by atoms with Gasteiger partial charge in [0.2, 0.25) is 0 Å². The van der Waals surface area contributed by atoms with Crippen LogP contribution in [-0.2, 0) is 22.4 Å². The molecule has 0 aromatic heterocycles. The number of allylic oxidation sites excluding steroid dienone is 2. The highest BCUT2D eigenvalue weighted by Gasteiger charge is 2.21. The maximum Gasteiger partial charge on any atom is 0.333 e. The fourth-order valence-electron chi connectivity index (χ4n) is 3.19. The third-order valence-electron chi connectivity index (χ3n) is 4.34. The van der Waals surface area contributed by atoms with Gasteiger partial charge in [-0.05, 0) is 26.7 Å². The van der Waals surface area contributed by atoms with Gasteiger partial charge < -0.3 is 14.2 Å². The standard InChI is InChI=1S/C22H24O4/c1-4-24-20-16-9-5-7-11-18(16)21(19-12-8-6-10-17(19)20)25-13-14-26-22(23)15(2)3/h5-9,11H,2,4,10,12-14H2,1,3H3. The summed E-state index contributed by atoms with van der Waals surface area (Å²) in [6, 6.07) is 8.12. The zero-order chi connectivity index (χ0) is 18.5. The van der Waals surface area contributed by atoms with Crippen LogP contribution in [0.4, 0.5) is 0 Å². The average molecular weight is 352 g/mol. The van der Waals surface area contributed by atoms with Crippen LogP contribution in [-0.4, -0.2) is 25.8 Å². The fourth-order valence-corrected chi connectivity index (χ4v) is 3.19. The molecular weight excluding hydrogens is 328 g/mol. The molecule has 26 heavy (non-hydrogen) atoms. The van der Waals surface area contributed by atoms with Crippen molar-refractivity contribution in [1.29, 1.82) is 0 Å². The van der Waals surface area contributed by atoms with Crippen LogP contribution in [0.2, 0.25) is 0 Å². The van der Waals surface area contributed by atoms with Gasteiger partial charge in [-0.2, -0.15) is 0 Å². The van der Waals surface area contributed by atoms with Gasteiger partial charge in [0, 0.05) is 27.5 Å². The third kappa shape index (κ3) is 3.59. The van der Waals surface area contributed by atoms with Gasteiger partial charge in [0.05, 0.1) is 6.61 Å². The summed E-state index contributed by atoms with van der Waals surface area (Å²) >= 11 is 0. The molecule has 1 aliphatic rings. The third-order valence-corrected chi connectivity index (χ3v) is 4.34. The Morgan fingerprint density at radius 1 is 1.00 bits per heavy atom. The first-order chi connectivity index (χ1) is 12.6. The maximum atomic E-state index is 11.5. The Morgan fingerprint density at radius 3 is 2.12 bits per heavy atom. The quantitative estimate of drug-likeness (QED) is 0.321. The number of ether oxygens (including phenoxy) is 3. The first-order valence-electron chi connectivity index (χ1n) is 8.93. The Balaban J connectivity index is 1.93. The molecule has 0 fully saturated rings. The van der Waals surface area contributed by atoms with E-state index in [1.54, 1.807) is 6.92 Å². The van der Waals surface area contributed by atoms with Crippen LogP contribution >= 0.6 is 0 Å². The van der Waals surface area contributed by atoms with Gasteiger partial charge in [-0.15, -0.1) is 0 Å². The van der Waals surface area contributed by atoms with Crippen LogP contribution in [0, 0.1) is 0 Å². The van der Waals surface area contributed by atoms with Gasteiger partial charge in [0.25, 0.3) is 0 Å². The van der Waals surface area contributed by atoms with Crippen molar-refractivity contribution in [2.24, 2.45) is 0 Å². The van der Waals surface area contributed by atoms with E-state index >= 15 is 0 Å². The van der Waals surface area contributed by atoms with Crippen LogP contribution in [0.1, 0.15) is 25.0 Å². The Labute approximate surface area is 154 Å². The van der Waals surface area contributed by atoms with Crippen molar-refractivity contribution >= 4 is 16.7 Å². The summed E-state index contributed by atoms with van der Waals surface area (Å²) in [5.74, 6) is 1.41. The van der Waals surface area contributed by atoms with E-state index in [4.69, 9.17) is 14.2 Å². The minimum Gasteiger partial charge on any atom is -0.493 e. The Morgan fingerprint density at radius 2 is 1.58 bits per heavy atom. The number of hydrogen-bond acceptors (Lipinski definition) is 4. The molecular formula is C22H24O4. The number of fused-ring (bicyclic) bond motifs is 2. The van der Waals surface area contributed by atoms with E-state index in [-0.39, 0.29) is 6.61 Å². The molecule has 4 heteroatoms. The monoisotopic (exact) mass is 352 g/mol. The molecule has 0 saturated carbocycles. The zero-order valence-electron chi connectivity index (χ0n) is 15.3. The number of esters is 1. The van der Waals surface area contributed by atoms with Crippen molar-refractivity contribution < 1.29 is 19.0 Å². The molecule has 2 aromatic carbocycles. The number of carbonyl (C=O) groups excluding carboxylic acids is 1. The van der Waals surface area contributed by atoms with Gasteiger partial charge in [0.15, 0.2) is 0 Å². The lowest BCUT2D eigenvalue weighted by molar-refractivity contribution is -0.139. The van der Waals surface area contributed by atoms with Crippen molar-refractivity contribution in [3.63, 3.8) is 0 Å². The van der Waals surface area contributed by atoms with Crippen LogP contribution in [0.15, 0.2) is 48.6 Å². The van der Waals surface area contributed by atoms with Crippen LogP contribution in [0.5, 0.6) is 11.5 Å². The molecule has 0 atom stereocenters. The SMILES string of the molecule is C=C(C)C(=O)OCCOc1c2c(c(OCC)c3ccccc13)CC=CC2. The van der Waals surface area contributed by atoms with E-state index in [1.165, 1.54) is 5.56 Å². The molecule has 0 unspecified atom stereocenters. The second kappa shape index (κ2) is 8.09. The maximum absolute atomic E-state index is 11.5. The molecule has 0 bridgehead atoms. The Bertz CT molecular complexity index is 864. The first-order valence-corrected chi connectivity index (χ1v) is 8.93. The molecule has 0 aliphatic heterocycles. The molecule has 4 nitrogen and oxygen atoms in total. The predicted octanol–water partition coefficient (Wildman–Crippen LogP) is 4.39. The summed E-state index contributed by atoms with van der Waals surface area (Å²) in [5, 5.41) is 2.08. The molecule has 0 amide bonds. The minimum atomic E-state index is -0.393. The Kier molecular flexibility index (Phi) is 5.61. The molecule has 0 radical (unpaired) electrons. The molecule has 0 N–H and O–H groups in total. The summed E-state index contributed by atoms with van der Waals surface area (Å²) in [4.78, 5) is 11.5. The summed E-state index contributed by atoms with van der Waals surface area (Å²) < 4.78 is 17.2. The Hall–Kier alpha value is -2.75. The summed E-state index contributed by atoms with van der Waals surface area (Å²) in [7, 11) is 0. The van der Waals surface area contributed by atoms with Crippen LogP contribution in [0.3, 0.4) is 0 Å². The molecule has 0 saturated heterocycles. The predicted molar refractivity (Wildman–Crippen MR) is 103 cm³/mol. The fraction of sp³-hybridized carbons (Fsp3) is 0.318.